The number of aromatic carboxylic acids is 1. The maximum absolute atomic E-state index is 11.5. The molecule has 0 spiro atoms. The fourth-order valence-electron chi connectivity index (χ4n) is 1.34. The summed E-state index contributed by atoms with van der Waals surface area (Å²) in [5, 5.41) is 21.5. The van der Waals surface area contributed by atoms with E-state index in [0.29, 0.717) is 18.2 Å². The van der Waals surface area contributed by atoms with Crippen LogP contribution in [0.25, 0.3) is 0 Å². The Morgan fingerprint density at radius 1 is 1.50 bits per heavy atom. The van der Waals surface area contributed by atoms with Gasteiger partial charge in [-0.05, 0) is 6.92 Å². The standard InChI is InChI=1S/C10H12N6O3S/c1-6-4-12-10(20-6)13-9(19)11-2-3-16-5-7(8(17)18)14-15-16/h4-5H,2-3H2,1H3,(H,17,18)(H2,11,12,13,19). The second-order valence-electron chi connectivity index (χ2n) is 3.83. The molecule has 2 amide bonds. The highest BCUT2D eigenvalue weighted by Gasteiger charge is 2.08. The van der Waals surface area contributed by atoms with E-state index in [2.05, 4.69) is 25.9 Å². The molecule has 0 unspecified atom stereocenters. The van der Waals surface area contributed by atoms with Gasteiger partial charge in [-0.3, -0.25) is 5.32 Å². The van der Waals surface area contributed by atoms with Crippen LogP contribution in [0.2, 0.25) is 0 Å². The van der Waals surface area contributed by atoms with Crippen molar-refractivity contribution in [3.8, 4) is 0 Å². The van der Waals surface area contributed by atoms with Gasteiger partial charge < -0.3 is 10.4 Å². The minimum atomic E-state index is -1.14. The summed E-state index contributed by atoms with van der Waals surface area (Å²) in [4.78, 5) is 27.1. The predicted octanol–water partition coefficient (Wildman–Crippen LogP) is 0.563. The number of urea groups is 1. The molecule has 3 N–H and O–H groups in total. The molecule has 0 atom stereocenters. The van der Waals surface area contributed by atoms with Gasteiger partial charge in [0.2, 0.25) is 0 Å². The van der Waals surface area contributed by atoms with Gasteiger partial charge in [-0.15, -0.1) is 16.4 Å². The number of anilines is 1. The van der Waals surface area contributed by atoms with E-state index in [4.69, 9.17) is 5.11 Å². The molecule has 2 heterocycles. The molecule has 0 fully saturated rings. The highest BCUT2D eigenvalue weighted by atomic mass is 32.1. The Morgan fingerprint density at radius 3 is 2.90 bits per heavy atom. The molecule has 0 radical (unpaired) electrons. The Labute approximate surface area is 117 Å². The van der Waals surface area contributed by atoms with Crippen molar-refractivity contribution in [3.05, 3.63) is 23.0 Å². The average molecular weight is 296 g/mol. The molecule has 2 aromatic rings. The van der Waals surface area contributed by atoms with E-state index < -0.39 is 5.97 Å². The summed E-state index contributed by atoms with van der Waals surface area (Å²) in [6.07, 6.45) is 2.97. The monoisotopic (exact) mass is 296 g/mol. The van der Waals surface area contributed by atoms with E-state index in [9.17, 15) is 9.59 Å². The van der Waals surface area contributed by atoms with Crippen LogP contribution in [0.3, 0.4) is 0 Å². The molecule has 10 heteroatoms. The van der Waals surface area contributed by atoms with Crippen LogP contribution in [0, 0.1) is 6.92 Å². The number of hydrogen-bond acceptors (Lipinski definition) is 6. The summed E-state index contributed by atoms with van der Waals surface area (Å²) in [6.45, 7) is 2.51. The van der Waals surface area contributed by atoms with Crippen LogP contribution in [-0.4, -0.2) is 43.6 Å². The molecule has 0 aromatic carbocycles. The van der Waals surface area contributed by atoms with Crippen molar-refractivity contribution in [1.29, 1.82) is 0 Å². The number of rotatable bonds is 5. The Hall–Kier alpha value is -2.49. The van der Waals surface area contributed by atoms with Crippen LogP contribution < -0.4 is 10.6 Å². The second kappa shape index (κ2) is 6.10. The summed E-state index contributed by atoms with van der Waals surface area (Å²) in [5.41, 5.74) is -0.132. The third-order valence-corrected chi connectivity index (χ3v) is 3.05. The molecule has 0 aliphatic rings. The van der Waals surface area contributed by atoms with Gasteiger partial charge in [-0.1, -0.05) is 5.21 Å². The third kappa shape index (κ3) is 3.75. The minimum Gasteiger partial charge on any atom is -0.476 e. The topological polar surface area (TPSA) is 122 Å². The summed E-state index contributed by atoms with van der Waals surface area (Å²) in [6, 6.07) is -0.377. The first-order chi connectivity index (χ1) is 9.54. The number of hydrogen-bond donors (Lipinski definition) is 3. The molecule has 2 aromatic heterocycles. The van der Waals surface area contributed by atoms with Crippen LogP contribution in [0.5, 0.6) is 0 Å². The lowest BCUT2D eigenvalue weighted by atomic mass is 10.5. The minimum absolute atomic E-state index is 0.132. The highest BCUT2D eigenvalue weighted by Crippen LogP contribution is 2.15. The zero-order chi connectivity index (χ0) is 14.5. The smallest absolute Gasteiger partial charge is 0.358 e. The van der Waals surface area contributed by atoms with Crippen LogP contribution in [0.1, 0.15) is 15.4 Å². The molecule has 9 nitrogen and oxygen atoms in total. The summed E-state index contributed by atoms with van der Waals surface area (Å²) in [7, 11) is 0. The van der Waals surface area contributed by atoms with Crippen LogP contribution >= 0.6 is 11.3 Å². The number of thiazole rings is 1. The first-order valence-electron chi connectivity index (χ1n) is 5.65. The van der Waals surface area contributed by atoms with Crippen molar-refractivity contribution in [2.75, 3.05) is 11.9 Å². The third-order valence-electron chi connectivity index (χ3n) is 2.23. The number of amides is 2. The van der Waals surface area contributed by atoms with E-state index in [1.165, 1.54) is 22.2 Å². The molecular weight excluding hydrogens is 284 g/mol. The predicted molar refractivity (Wildman–Crippen MR) is 70.9 cm³/mol. The molecule has 0 saturated heterocycles. The van der Waals surface area contributed by atoms with Crippen molar-refractivity contribution in [3.63, 3.8) is 0 Å². The number of carboxylic acids is 1. The van der Waals surface area contributed by atoms with Gasteiger partial charge in [-0.2, -0.15) is 0 Å². The van der Waals surface area contributed by atoms with Gasteiger partial charge in [0.1, 0.15) is 0 Å². The number of nitrogens with one attached hydrogen (secondary N) is 2. The molecule has 106 valence electrons. The van der Waals surface area contributed by atoms with Crippen molar-refractivity contribution >= 4 is 28.5 Å². The Balaban J connectivity index is 1.74. The van der Waals surface area contributed by atoms with Gasteiger partial charge in [0.05, 0.1) is 12.7 Å². The first-order valence-corrected chi connectivity index (χ1v) is 6.47. The van der Waals surface area contributed by atoms with Gasteiger partial charge >= 0.3 is 12.0 Å². The summed E-state index contributed by atoms with van der Waals surface area (Å²) in [5.74, 6) is -1.14. The van der Waals surface area contributed by atoms with Crippen molar-refractivity contribution in [2.45, 2.75) is 13.5 Å². The van der Waals surface area contributed by atoms with E-state index in [-0.39, 0.29) is 11.7 Å². The summed E-state index contributed by atoms with van der Waals surface area (Å²) < 4.78 is 1.34. The maximum Gasteiger partial charge on any atom is 0.358 e. The Bertz CT molecular complexity index is 622. The van der Waals surface area contributed by atoms with Gasteiger partial charge in [0.15, 0.2) is 10.8 Å². The molecular formula is C10H12N6O3S. The number of carbonyl (C=O) groups excluding carboxylic acids is 1. The van der Waals surface area contributed by atoms with Gasteiger partial charge in [0, 0.05) is 17.6 Å². The number of carboxylic acid groups (broad SMARTS) is 1. The molecule has 0 saturated carbocycles. The zero-order valence-corrected chi connectivity index (χ0v) is 11.3. The van der Waals surface area contributed by atoms with E-state index >= 15 is 0 Å². The van der Waals surface area contributed by atoms with Crippen LogP contribution in [0.15, 0.2) is 12.4 Å². The van der Waals surface area contributed by atoms with Crippen molar-refractivity contribution < 1.29 is 14.7 Å². The van der Waals surface area contributed by atoms with E-state index in [0.717, 1.165) is 4.88 Å². The lowest BCUT2D eigenvalue weighted by molar-refractivity contribution is 0.0690. The normalized spacial score (nSPS) is 10.2. The number of aryl methyl sites for hydroxylation is 1. The van der Waals surface area contributed by atoms with Crippen molar-refractivity contribution in [2.24, 2.45) is 0 Å². The molecule has 0 bridgehead atoms. The number of nitrogens with zero attached hydrogens (tertiary/aromatic N) is 4. The fourth-order valence-corrected chi connectivity index (χ4v) is 2.00. The van der Waals surface area contributed by atoms with E-state index in [1.54, 1.807) is 6.20 Å². The largest absolute Gasteiger partial charge is 0.476 e. The molecule has 20 heavy (non-hydrogen) atoms. The summed E-state index contributed by atoms with van der Waals surface area (Å²) >= 11 is 1.38. The Kier molecular flexibility index (Phi) is 4.25. The molecule has 0 aliphatic heterocycles. The fraction of sp³-hybridized carbons (Fsp3) is 0.300. The average Bonchev–Trinajstić information content (AvgIpc) is 2.99. The number of carbonyl (C=O) groups is 2. The lowest BCUT2D eigenvalue weighted by Gasteiger charge is -2.04. The zero-order valence-electron chi connectivity index (χ0n) is 10.5. The van der Waals surface area contributed by atoms with Crippen LogP contribution in [0.4, 0.5) is 9.93 Å². The number of aromatic nitrogens is 4. The van der Waals surface area contributed by atoms with Crippen LogP contribution in [-0.2, 0) is 6.54 Å². The molecule has 2 rings (SSSR count). The van der Waals surface area contributed by atoms with Gasteiger partial charge in [-0.25, -0.2) is 19.3 Å². The highest BCUT2D eigenvalue weighted by molar-refractivity contribution is 7.15. The Morgan fingerprint density at radius 2 is 2.30 bits per heavy atom. The quantitative estimate of drug-likeness (QED) is 0.741. The molecule has 0 aliphatic carbocycles. The van der Waals surface area contributed by atoms with Crippen molar-refractivity contribution in [1.82, 2.24) is 25.3 Å². The maximum atomic E-state index is 11.5. The lowest BCUT2D eigenvalue weighted by Crippen LogP contribution is -2.31. The van der Waals surface area contributed by atoms with Gasteiger partial charge in [0.25, 0.3) is 0 Å². The SMILES string of the molecule is Cc1cnc(NC(=O)NCCn2cc(C(=O)O)nn2)s1. The van der Waals surface area contributed by atoms with E-state index in [1.807, 2.05) is 6.92 Å². The second-order valence-corrected chi connectivity index (χ2v) is 5.06. The first kappa shape index (κ1) is 13.9.